The topological polar surface area (TPSA) is 52.3 Å². The normalized spacial score (nSPS) is 9.67. The third kappa shape index (κ3) is 3.32. The maximum atomic E-state index is 11.3. The highest BCUT2D eigenvalue weighted by atomic mass is 32.1. The molecule has 0 amide bonds. The van der Waals surface area contributed by atoms with E-state index in [1.807, 2.05) is 18.2 Å². The predicted octanol–water partition coefficient (Wildman–Crippen LogP) is 1.43. The van der Waals surface area contributed by atoms with Crippen LogP contribution in [0, 0.1) is 0 Å². The number of carbonyl (C=O) groups excluding carboxylic acids is 1. The summed E-state index contributed by atoms with van der Waals surface area (Å²) >= 11 is 4.89. The molecule has 0 aliphatic heterocycles. The number of rotatable bonds is 4. The van der Waals surface area contributed by atoms with Crippen LogP contribution < -0.4 is 5.73 Å². The number of hydrogen-bond donors (Lipinski definition) is 1. The summed E-state index contributed by atoms with van der Waals surface area (Å²) in [6, 6.07) is 7.31. The van der Waals surface area contributed by atoms with E-state index in [9.17, 15) is 4.79 Å². The molecule has 0 unspecified atom stereocenters. The molecule has 0 aromatic heterocycles. The van der Waals surface area contributed by atoms with E-state index in [2.05, 4.69) is 0 Å². The Hall–Kier alpha value is -1.42. The first-order valence-corrected chi connectivity index (χ1v) is 5.09. The van der Waals surface area contributed by atoms with Crippen LogP contribution >= 0.6 is 12.2 Å². The molecule has 1 aromatic rings. The second kappa shape index (κ2) is 5.46. The highest BCUT2D eigenvalue weighted by Gasteiger charge is 2.09. The van der Waals surface area contributed by atoms with Gasteiger partial charge in [-0.05, 0) is 12.5 Å². The first-order chi connectivity index (χ1) is 7.15. The van der Waals surface area contributed by atoms with Gasteiger partial charge >= 0.3 is 5.97 Å². The van der Waals surface area contributed by atoms with Gasteiger partial charge in [0.15, 0.2) is 0 Å². The Kier molecular flexibility index (Phi) is 4.24. The molecule has 3 nitrogen and oxygen atoms in total. The average Bonchev–Trinajstić information content (AvgIpc) is 2.18. The van der Waals surface area contributed by atoms with E-state index in [-0.39, 0.29) is 12.4 Å². The van der Waals surface area contributed by atoms with Gasteiger partial charge < -0.3 is 10.5 Å². The minimum absolute atomic E-state index is 0.210. The number of hydrogen-bond acceptors (Lipinski definition) is 3. The molecular formula is C11H13NO2S. The van der Waals surface area contributed by atoms with Crippen LogP contribution in [0.4, 0.5) is 0 Å². The molecule has 0 saturated heterocycles. The lowest BCUT2D eigenvalue weighted by molar-refractivity contribution is -0.142. The van der Waals surface area contributed by atoms with Crippen molar-refractivity contribution in [3.8, 4) is 0 Å². The van der Waals surface area contributed by atoms with Gasteiger partial charge in [0.25, 0.3) is 0 Å². The fourth-order valence-electron chi connectivity index (χ4n) is 1.28. The fourth-order valence-corrected chi connectivity index (χ4v) is 1.48. The largest absolute Gasteiger partial charge is 0.466 e. The van der Waals surface area contributed by atoms with Crippen molar-refractivity contribution < 1.29 is 9.53 Å². The number of thiocarbonyl (C=S) groups is 1. The zero-order valence-corrected chi connectivity index (χ0v) is 9.34. The van der Waals surface area contributed by atoms with Gasteiger partial charge in [-0.3, -0.25) is 4.79 Å². The molecule has 0 saturated carbocycles. The van der Waals surface area contributed by atoms with Crippen LogP contribution in [0.25, 0.3) is 0 Å². The molecular weight excluding hydrogens is 210 g/mol. The Bertz CT molecular complexity index is 377. The minimum atomic E-state index is -0.263. The Morgan fingerprint density at radius 1 is 1.47 bits per heavy atom. The van der Waals surface area contributed by atoms with Gasteiger partial charge in [0.1, 0.15) is 4.99 Å². The lowest BCUT2D eigenvalue weighted by Gasteiger charge is -2.07. The molecule has 0 heterocycles. The van der Waals surface area contributed by atoms with Gasteiger partial charge in [-0.15, -0.1) is 0 Å². The standard InChI is InChI=1S/C11H13NO2S/c1-2-14-10(13)7-8-5-3-4-6-9(8)11(12)15/h3-6H,2,7H2,1H3,(H2,12,15). The van der Waals surface area contributed by atoms with Gasteiger partial charge in [-0.1, -0.05) is 36.5 Å². The van der Waals surface area contributed by atoms with Crippen LogP contribution in [0.3, 0.4) is 0 Å². The molecule has 1 aromatic carbocycles. The maximum Gasteiger partial charge on any atom is 0.310 e. The molecule has 15 heavy (non-hydrogen) atoms. The smallest absolute Gasteiger partial charge is 0.310 e. The third-order valence-electron chi connectivity index (χ3n) is 1.92. The number of benzene rings is 1. The summed E-state index contributed by atoms with van der Waals surface area (Å²) in [4.78, 5) is 11.6. The van der Waals surface area contributed by atoms with Crippen LogP contribution in [0.2, 0.25) is 0 Å². The van der Waals surface area contributed by atoms with E-state index in [4.69, 9.17) is 22.7 Å². The zero-order valence-electron chi connectivity index (χ0n) is 8.53. The van der Waals surface area contributed by atoms with Crippen molar-refractivity contribution >= 4 is 23.2 Å². The number of nitrogens with two attached hydrogens (primary N) is 1. The summed E-state index contributed by atoms with van der Waals surface area (Å²) in [6.45, 7) is 2.16. The van der Waals surface area contributed by atoms with Crippen LogP contribution in [0.15, 0.2) is 24.3 Å². The molecule has 0 bridgehead atoms. The summed E-state index contributed by atoms with van der Waals surface area (Å²) < 4.78 is 4.86. The van der Waals surface area contributed by atoms with Crippen LogP contribution in [0.5, 0.6) is 0 Å². The van der Waals surface area contributed by atoms with E-state index in [0.717, 1.165) is 11.1 Å². The van der Waals surface area contributed by atoms with E-state index >= 15 is 0 Å². The lowest BCUT2D eigenvalue weighted by atomic mass is 10.0. The maximum absolute atomic E-state index is 11.3. The number of esters is 1. The molecule has 80 valence electrons. The summed E-state index contributed by atoms with van der Waals surface area (Å²) in [5, 5.41) is 0. The highest BCUT2D eigenvalue weighted by molar-refractivity contribution is 7.80. The van der Waals surface area contributed by atoms with E-state index < -0.39 is 0 Å². The van der Waals surface area contributed by atoms with Gasteiger partial charge in [0, 0.05) is 5.56 Å². The summed E-state index contributed by atoms with van der Waals surface area (Å²) in [7, 11) is 0. The second-order valence-corrected chi connectivity index (χ2v) is 3.44. The predicted molar refractivity (Wildman–Crippen MR) is 62.7 cm³/mol. The molecule has 0 atom stereocenters. The second-order valence-electron chi connectivity index (χ2n) is 3.00. The Balaban J connectivity index is 2.84. The summed E-state index contributed by atoms with van der Waals surface area (Å²) in [5.41, 5.74) is 7.09. The SMILES string of the molecule is CCOC(=O)Cc1ccccc1C(N)=S. The molecule has 0 aliphatic rings. The van der Waals surface area contributed by atoms with Crippen LogP contribution in [-0.2, 0) is 16.0 Å². The first kappa shape index (κ1) is 11.7. The lowest BCUT2D eigenvalue weighted by Crippen LogP contribution is -2.15. The van der Waals surface area contributed by atoms with Gasteiger partial charge in [-0.2, -0.15) is 0 Å². The third-order valence-corrected chi connectivity index (χ3v) is 2.14. The zero-order chi connectivity index (χ0) is 11.3. The van der Waals surface area contributed by atoms with Crippen LogP contribution in [0.1, 0.15) is 18.1 Å². The van der Waals surface area contributed by atoms with Crippen molar-refractivity contribution in [1.29, 1.82) is 0 Å². The monoisotopic (exact) mass is 223 g/mol. The van der Waals surface area contributed by atoms with Crippen molar-refractivity contribution in [1.82, 2.24) is 0 Å². The van der Waals surface area contributed by atoms with Gasteiger partial charge in [-0.25, -0.2) is 0 Å². The van der Waals surface area contributed by atoms with E-state index in [0.29, 0.717) is 11.6 Å². The quantitative estimate of drug-likeness (QED) is 0.619. The molecule has 0 fully saturated rings. The molecule has 0 spiro atoms. The van der Waals surface area contributed by atoms with Crippen LogP contribution in [-0.4, -0.2) is 17.6 Å². The minimum Gasteiger partial charge on any atom is -0.466 e. The number of carbonyl (C=O) groups is 1. The van der Waals surface area contributed by atoms with E-state index in [1.165, 1.54) is 0 Å². The van der Waals surface area contributed by atoms with Crippen molar-refractivity contribution in [2.24, 2.45) is 5.73 Å². The number of ether oxygens (including phenoxy) is 1. The molecule has 1 rings (SSSR count). The van der Waals surface area contributed by atoms with Crippen molar-refractivity contribution in [3.05, 3.63) is 35.4 Å². The van der Waals surface area contributed by atoms with Crippen molar-refractivity contribution in [2.75, 3.05) is 6.61 Å². The van der Waals surface area contributed by atoms with Crippen molar-refractivity contribution in [2.45, 2.75) is 13.3 Å². The highest BCUT2D eigenvalue weighted by Crippen LogP contribution is 2.10. The molecule has 0 radical (unpaired) electrons. The summed E-state index contributed by atoms with van der Waals surface area (Å²) in [5.74, 6) is -0.263. The molecule has 2 N–H and O–H groups in total. The average molecular weight is 223 g/mol. The summed E-state index contributed by atoms with van der Waals surface area (Å²) in [6.07, 6.45) is 0.210. The Labute approximate surface area is 94.2 Å². The van der Waals surface area contributed by atoms with Crippen molar-refractivity contribution in [3.63, 3.8) is 0 Å². The molecule has 4 heteroatoms. The Morgan fingerprint density at radius 2 is 2.13 bits per heavy atom. The first-order valence-electron chi connectivity index (χ1n) is 4.68. The fraction of sp³-hybridized carbons (Fsp3) is 0.273. The van der Waals surface area contributed by atoms with E-state index in [1.54, 1.807) is 13.0 Å². The van der Waals surface area contributed by atoms with Gasteiger partial charge in [0.05, 0.1) is 13.0 Å². The van der Waals surface area contributed by atoms with Gasteiger partial charge in [0.2, 0.25) is 0 Å². The Morgan fingerprint density at radius 3 is 2.73 bits per heavy atom. The molecule has 0 aliphatic carbocycles.